The van der Waals surface area contributed by atoms with Gasteiger partial charge in [-0.1, -0.05) is 6.07 Å². The van der Waals surface area contributed by atoms with Gasteiger partial charge in [-0.15, -0.1) is 35.3 Å². The molecule has 0 spiro atoms. The fourth-order valence-electron chi connectivity index (χ4n) is 3.36. The predicted molar refractivity (Wildman–Crippen MR) is 135 cm³/mol. The predicted octanol–water partition coefficient (Wildman–Crippen LogP) is 4.01. The molecule has 9 heteroatoms. The Morgan fingerprint density at radius 2 is 2.13 bits per heavy atom. The fraction of sp³-hybridized carbons (Fsp3) is 0.429. The first-order valence-electron chi connectivity index (χ1n) is 9.64. The molecule has 5 nitrogen and oxygen atoms in total. The average Bonchev–Trinajstić information content (AvgIpc) is 3.19. The van der Waals surface area contributed by atoms with Crippen LogP contribution in [0.4, 0.5) is 4.39 Å². The summed E-state index contributed by atoms with van der Waals surface area (Å²) < 4.78 is 13.5. The molecule has 0 radical (unpaired) electrons. The lowest BCUT2D eigenvalue weighted by Gasteiger charge is -2.27. The molecular weight excluding hydrogens is 534 g/mol. The first-order chi connectivity index (χ1) is 14.1. The molecule has 1 aromatic carbocycles. The van der Waals surface area contributed by atoms with E-state index in [0.29, 0.717) is 32.0 Å². The van der Waals surface area contributed by atoms with E-state index in [0.717, 1.165) is 29.8 Å². The van der Waals surface area contributed by atoms with E-state index in [1.54, 1.807) is 42.3 Å². The summed E-state index contributed by atoms with van der Waals surface area (Å²) in [5, 5.41) is 8.55. The first-order valence-corrected chi connectivity index (χ1v) is 11.9. The Morgan fingerprint density at radius 1 is 1.30 bits per heavy atom. The second-order valence-electron chi connectivity index (χ2n) is 6.88. The molecule has 0 bridgehead atoms. The van der Waals surface area contributed by atoms with Crippen LogP contribution in [0.2, 0.25) is 0 Å². The number of fused-ring (bicyclic) bond motifs is 1. The topological polar surface area (TPSA) is 56.7 Å². The number of thiophene rings is 1. The SMILES string of the molecule is CN=C(NCCC(=O)N1CCc2sccc2C1)NCc1ccc(F)cc1CSC.I. The molecule has 2 N–H and O–H groups in total. The first kappa shape index (κ1) is 24.9. The Hall–Kier alpha value is -1.33. The molecule has 2 heterocycles. The Morgan fingerprint density at radius 3 is 2.90 bits per heavy atom. The van der Waals surface area contributed by atoms with Gasteiger partial charge in [-0.25, -0.2) is 4.39 Å². The van der Waals surface area contributed by atoms with Crippen molar-refractivity contribution < 1.29 is 9.18 Å². The summed E-state index contributed by atoms with van der Waals surface area (Å²) in [5.41, 5.74) is 3.30. The van der Waals surface area contributed by atoms with Gasteiger partial charge in [-0.3, -0.25) is 9.79 Å². The summed E-state index contributed by atoms with van der Waals surface area (Å²) in [6.07, 6.45) is 3.38. The van der Waals surface area contributed by atoms with Gasteiger partial charge in [0.15, 0.2) is 5.96 Å². The van der Waals surface area contributed by atoms with Crippen molar-refractivity contribution in [2.75, 3.05) is 26.4 Å². The number of carbonyl (C=O) groups is 1. The molecule has 0 aliphatic carbocycles. The Kier molecular flexibility index (Phi) is 10.4. The highest BCUT2D eigenvalue weighted by Gasteiger charge is 2.21. The third-order valence-electron chi connectivity index (χ3n) is 4.93. The lowest BCUT2D eigenvalue weighted by Crippen LogP contribution is -2.40. The number of nitrogens with zero attached hydrogens (tertiary/aromatic N) is 2. The van der Waals surface area contributed by atoms with Crippen molar-refractivity contribution in [3.8, 4) is 0 Å². The number of benzene rings is 1. The highest BCUT2D eigenvalue weighted by molar-refractivity contribution is 14.0. The van der Waals surface area contributed by atoms with Gasteiger partial charge in [0.1, 0.15) is 5.82 Å². The Balaban J connectivity index is 0.00000320. The largest absolute Gasteiger partial charge is 0.356 e. The van der Waals surface area contributed by atoms with Crippen LogP contribution in [-0.2, 0) is 30.1 Å². The highest BCUT2D eigenvalue weighted by Crippen LogP contribution is 2.24. The molecule has 3 rings (SSSR count). The lowest BCUT2D eigenvalue weighted by molar-refractivity contribution is -0.131. The molecule has 30 heavy (non-hydrogen) atoms. The molecule has 164 valence electrons. The minimum atomic E-state index is -0.217. The highest BCUT2D eigenvalue weighted by atomic mass is 127. The fourth-order valence-corrected chi connectivity index (χ4v) is 4.83. The maximum atomic E-state index is 13.5. The van der Waals surface area contributed by atoms with E-state index in [1.807, 2.05) is 11.2 Å². The maximum Gasteiger partial charge on any atom is 0.224 e. The van der Waals surface area contributed by atoms with Crippen LogP contribution in [-0.4, -0.2) is 43.2 Å². The standard InChI is InChI=1S/C21H27FN4OS2.HI/c1-23-21(25-12-15-3-4-18(22)11-17(15)14-28-2)24-8-5-20(27)26-9-6-19-16(13-26)7-10-29-19;/h3-4,7,10-11H,5-6,8-9,12-14H2,1-2H3,(H2,23,24,25);1H. The van der Waals surface area contributed by atoms with E-state index in [9.17, 15) is 9.18 Å². The molecule has 1 aliphatic rings. The average molecular weight is 563 g/mol. The molecule has 1 aliphatic heterocycles. The Bertz CT molecular complexity index is 874. The summed E-state index contributed by atoms with van der Waals surface area (Å²) in [4.78, 5) is 20.1. The van der Waals surface area contributed by atoms with E-state index in [1.165, 1.54) is 16.5 Å². The van der Waals surface area contributed by atoms with Crippen LogP contribution >= 0.6 is 47.1 Å². The number of thioether (sulfide) groups is 1. The van der Waals surface area contributed by atoms with Crippen molar-refractivity contribution in [3.63, 3.8) is 0 Å². The zero-order chi connectivity index (χ0) is 20.6. The van der Waals surface area contributed by atoms with E-state index in [2.05, 4.69) is 27.1 Å². The number of amides is 1. The van der Waals surface area contributed by atoms with E-state index in [4.69, 9.17) is 0 Å². The minimum absolute atomic E-state index is 0. The van der Waals surface area contributed by atoms with Crippen LogP contribution in [0.5, 0.6) is 0 Å². The van der Waals surface area contributed by atoms with Gasteiger partial charge in [0.05, 0.1) is 0 Å². The number of hydrogen-bond donors (Lipinski definition) is 2. The molecule has 0 saturated heterocycles. The van der Waals surface area contributed by atoms with Gasteiger partial charge < -0.3 is 15.5 Å². The second-order valence-corrected chi connectivity index (χ2v) is 8.75. The summed E-state index contributed by atoms with van der Waals surface area (Å²) >= 11 is 3.44. The molecule has 2 aromatic rings. The van der Waals surface area contributed by atoms with Crippen molar-refractivity contribution in [1.82, 2.24) is 15.5 Å². The number of hydrogen-bond acceptors (Lipinski definition) is 4. The third-order valence-corrected chi connectivity index (χ3v) is 6.55. The van der Waals surface area contributed by atoms with Crippen LogP contribution in [0.3, 0.4) is 0 Å². The van der Waals surface area contributed by atoms with Gasteiger partial charge in [-0.05, 0) is 52.9 Å². The number of guanidine groups is 1. The molecule has 0 unspecified atom stereocenters. The molecular formula is C21H28FIN4OS2. The van der Waals surface area contributed by atoms with E-state index < -0.39 is 0 Å². The molecule has 1 amide bonds. The van der Waals surface area contributed by atoms with Gasteiger partial charge in [-0.2, -0.15) is 11.8 Å². The summed E-state index contributed by atoms with van der Waals surface area (Å²) in [6, 6.07) is 6.98. The summed E-state index contributed by atoms with van der Waals surface area (Å²) in [7, 11) is 1.70. The van der Waals surface area contributed by atoms with Crippen molar-refractivity contribution in [3.05, 3.63) is 57.0 Å². The number of nitrogens with one attached hydrogen (secondary N) is 2. The zero-order valence-corrected chi connectivity index (χ0v) is 21.2. The van der Waals surface area contributed by atoms with E-state index >= 15 is 0 Å². The summed E-state index contributed by atoms with van der Waals surface area (Å²) in [6.45, 7) is 2.58. The maximum absolute atomic E-state index is 13.5. The molecule has 0 atom stereocenters. The number of halogens is 2. The Labute approximate surface area is 202 Å². The van der Waals surface area contributed by atoms with Crippen molar-refractivity contribution in [1.29, 1.82) is 0 Å². The number of aliphatic imine (C=N–C) groups is 1. The number of rotatable bonds is 7. The minimum Gasteiger partial charge on any atom is -0.356 e. The van der Waals surface area contributed by atoms with Crippen LogP contribution in [0.15, 0.2) is 34.6 Å². The monoisotopic (exact) mass is 562 g/mol. The van der Waals surface area contributed by atoms with Crippen LogP contribution in [0.25, 0.3) is 0 Å². The van der Waals surface area contributed by atoms with Gasteiger partial charge >= 0.3 is 0 Å². The van der Waals surface area contributed by atoms with Gasteiger partial charge in [0, 0.05) is 50.3 Å². The zero-order valence-electron chi connectivity index (χ0n) is 17.2. The molecule has 0 fully saturated rings. The normalized spacial score (nSPS) is 13.4. The van der Waals surface area contributed by atoms with Crippen LogP contribution < -0.4 is 10.6 Å². The van der Waals surface area contributed by atoms with Gasteiger partial charge in [0.2, 0.25) is 5.91 Å². The van der Waals surface area contributed by atoms with Crippen LogP contribution in [0, 0.1) is 5.82 Å². The second kappa shape index (κ2) is 12.5. The van der Waals surface area contributed by atoms with Gasteiger partial charge in [0.25, 0.3) is 0 Å². The lowest BCUT2D eigenvalue weighted by atomic mass is 10.1. The third kappa shape index (κ3) is 6.84. The quantitative estimate of drug-likeness (QED) is 0.304. The number of carbonyl (C=O) groups excluding carboxylic acids is 1. The molecule has 0 saturated carbocycles. The van der Waals surface area contributed by atoms with Crippen molar-refractivity contribution in [2.24, 2.45) is 4.99 Å². The summed E-state index contributed by atoms with van der Waals surface area (Å²) in [5.74, 6) is 1.34. The van der Waals surface area contributed by atoms with Crippen LogP contribution in [0.1, 0.15) is 28.0 Å². The molecule has 1 aromatic heterocycles. The van der Waals surface area contributed by atoms with E-state index in [-0.39, 0.29) is 35.7 Å². The van der Waals surface area contributed by atoms with Crippen molar-refractivity contribution in [2.45, 2.75) is 31.7 Å². The van der Waals surface area contributed by atoms with Crippen molar-refractivity contribution >= 4 is 58.9 Å². The smallest absolute Gasteiger partial charge is 0.224 e.